The van der Waals surface area contributed by atoms with Gasteiger partial charge in [0.25, 0.3) is 0 Å². The molecule has 0 saturated heterocycles. The molecule has 6 heteroatoms. The molecule has 2 heterocycles. The van der Waals surface area contributed by atoms with E-state index in [0.29, 0.717) is 18.2 Å². The van der Waals surface area contributed by atoms with Gasteiger partial charge in [-0.15, -0.1) is 0 Å². The molecule has 3 N–H and O–H groups in total. The van der Waals surface area contributed by atoms with Crippen molar-refractivity contribution in [3.8, 4) is 5.82 Å². The molecule has 0 radical (unpaired) electrons. The third-order valence-electron chi connectivity index (χ3n) is 4.05. The molecule has 1 aliphatic rings. The molecule has 21 heavy (non-hydrogen) atoms. The fraction of sp³-hybridized carbons (Fsp3) is 0.400. The van der Waals surface area contributed by atoms with Crippen molar-refractivity contribution >= 4 is 11.6 Å². The molecule has 1 saturated carbocycles. The van der Waals surface area contributed by atoms with E-state index >= 15 is 0 Å². The number of anilines is 1. The summed E-state index contributed by atoms with van der Waals surface area (Å²) in [6, 6.07) is 5.51. The number of nitrogens with one attached hydrogen (secondary N) is 1. The van der Waals surface area contributed by atoms with Crippen LogP contribution < -0.4 is 11.1 Å². The Hall–Kier alpha value is -2.21. The van der Waals surface area contributed by atoms with E-state index in [1.807, 2.05) is 24.4 Å². The maximum Gasteiger partial charge on any atom is 0.227 e. The van der Waals surface area contributed by atoms with Crippen LogP contribution in [0.1, 0.15) is 19.3 Å². The molecular weight excluding hydrogens is 266 g/mol. The van der Waals surface area contributed by atoms with Crippen LogP contribution >= 0.6 is 0 Å². The highest BCUT2D eigenvalue weighted by Gasteiger charge is 2.31. The summed E-state index contributed by atoms with van der Waals surface area (Å²) in [5.74, 6) is 1.11. The summed E-state index contributed by atoms with van der Waals surface area (Å²) in [4.78, 5) is 16.6. The van der Waals surface area contributed by atoms with Crippen molar-refractivity contribution in [1.29, 1.82) is 0 Å². The van der Waals surface area contributed by atoms with Crippen LogP contribution in [-0.4, -0.2) is 27.2 Å². The number of hydrogen-bond donors (Lipinski definition) is 2. The van der Waals surface area contributed by atoms with E-state index in [1.165, 1.54) is 0 Å². The molecule has 110 valence electrons. The number of carbonyl (C=O) groups excluding carboxylic acids is 1. The topological polar surface area (TPSA) is 85.8 Å². The van der Waals surface area contributed by atoms with E-state index in [9.17, 15) is 4.79 Å². The van der Waals surface area contributed by atoms with E-state index in [4.69, 9.17) is 5.73 Å². The maximum absolute atomic E-state index is 12.3. The van der Waals surface area contributed by atoms with Crippen LogP contribution in [0.3, 0.4) is 0 Å². The number of nitrogens with two attached hydrogens (primary N) is 1. The molecule has 0 bridgehead atoms. The molecule has 0 unspecified atom stereocenters. The van der Waals surface area contributed by atoms with Crippen LogP contribution in [0.15, 0.2) is 36.8 Å². The van der Waals surface area contributed by atoms with Gasteiger partial charge in [0, 0.05) is 18.3 Å². The fourth-order valence-corrected chi connectivity index (χ4v) is 2.90. The lowest BCUT2D eigenvalue weighted by Gasteiger charge is -2.17. The normalized spacial score (nSPS) is 21.4. The minimum absolute atomic E-state index is 0.0285. The van der Waals surface area contributed by atoms with Crippen LogP contribution in [0.4, 0.5) is 5.69 Å². The Morgan fingerprint density at radius 1 is 1.43 bits per heavy atom. The van der Waals surface area contributed by atoms with Crippen LogP contribution in [0.25, 0.3) is 5.82 Å². The molecule has 1 amide bonds. The van der Waals surface area contributed by atoms with Gasteiger partial charge in [-0.05, 0) is 43.5 Å². The number of carbonyl (C=O) groups is 1. The van der Waals surface area contributed by atoms with E-state index < -0.39 is 0 Å². The van der Waals surface area contributed by atoms with Gasteiger partial charge in [-0.2, -0.15) is 5.10 Å². The molecule has 0 spiro atoms. The van der Waals surface area contributed by atoms with Crippen molar-refractivity contribution in [2.45, 2.75) is 19.3 Å². The number of amides is 1. The number of rotatable bonds is 4. The van der Waals surface area contributed by atoms with Crippen molar-refractivity contribution in [2.24, 2.45) is 17.6 Å². The summed E-state index contributed by atoms with van der Waals surface area (Å²) >= 11 is 0. The lowest BCUT2D eigenvalue weighted by atomic mass is 9.95. The maximum atomic E-state index is 12.3. The van der Waals surface area contributed by atoms with Gasteiger partial charge >= 0.3 is 0 Å². The minimum atomic E-state index is 0.0285. The Bertz CT molecular complexity index is 593. The van der Waals surface area contributed by atoms with Gasteiger partial charge < -0.3 is 11.1 Å². The van der Waals surface area contributed by atoms with E-state index in [0.717, 1.165) is 25.1 Å². The molecule has 2 atom stereocenters. The van der Waals surface area contributed by atoms with Crippen molar-refractivity contribution in [2.75, 3.05) is 11.9 Å². The zero-order valence-electron chi connectivity index (χ0n) is 11.8. The van der Waals surface area contributed by atoms with Crippen molar-refractivity contribution < 1.29 is 4.79 Å². The van der Waals surface area contributed by atoms with Gasteiger partial charge in [0.15, 0.2) is 5.82 Å². The Balaban J connectivity index is 1.66. The highest BCUT2D eigenvalue weighted by molar-refractivity contribution is 5.92. The lowest BCUT2D eigenvalue weighted by Crippen LogP contribution is -2.29. The van der Waals surface area contributed by atoms with Crippen LogP contribution in [0.2, 0.25) is 0 Å². The molecule has 0 aliphatic heterocycles. The third kappa shape index (κ3) is 2.95. The summed E-state index contributed by atoms with van der Waals surface area (Å²) in [5.41, 5.74) is 6.43. The lowest BCUT2D eigenvalue weighted by molar-refractivity contribution is -0.120. The monoisotopic (exact) mass is 285 g/mol. The molecule has 2 aromatic heterocycles. The average molecular weight is 285 g/mol. The quantitative estimate of drug-likeness (QED) is 0.893. The Kier molecular flexibility index (Phi) is 3.96. The average Bonchev–Trinajstić information content (AvgIpc) is 3.19. The van der Waals surface area contributed by atoms with E-state index in [2.05, 4.69) is 15.4 Å². The smallest absolute Gasteiger partial charge is 0.227 e. The number of pyridine rings is 1. The van der Waals surface area contributed by atoms with Crippen LogP contribution in [0.5, 0.6) is 0 Å². The Labute approximate surface area is 123 Å². The predicted octanol–water partition coefficient (Wildman–Crippen LogP) is 1.58. The summed E-state index contributed by atoms with van der Waals surface area (Å²) in [7, 11) is 0. The van der Waals surface area contributed by atoms with Gasteiger partial charge in [-0.1, -0.05) is 6.42 Å². The Morgan fingerprint density at radius 2 is 2.33 bits per heavy atom. The summed E-state index contributed by atoms with van der Waals surface area (Å²) in [6.45, 7) is 0.578. The largest absolute Gasteiger partial charge is 0.330 e. The summed E-state index contributed by atoms with van der Waals surface area (Å²) < 4.78 is 1.67. The molecule has 6 nitrogen and oxygen atoms in total. The Morgan fingerprint density at radius 3 is 3.00 bits per heavy atom. The van der Waals surface area contributed by atoms with Gasteiger partial charge in [0.1, 0.15) is 0 Å². The van der Waals surface area contributed by atoms with Gasteiger partial charge in [-0.25, -0.2) is 9.67 Å². The van der Waals surface area contributed by atoms with Crippen molar-refractivity contribution in [3.05, 3.63) is 36.8 Å². The minimum Gasteiger partial charge on any atom is -0.330 e. The molecule has 1 fully saturated rings. The standard InChI is InChI=1S/C15H19N5O/c16-9-11-3-1-4-13(11)15(21)19-12-5-6-14(17-10-12)20-8-2-7-18-20/h2,5-8,10-11,13H,1,3-4,9,16H2,(H,19,21)/t11-,13-/m1/s1. The van der Waals surface area contributed by atoms with Crippen LogP contribution in [0, 0.1) is 11.8 Å². The highest BCUT2D eigenvalue weighted by Crippen LogP contribution is 2.31. The van der Waals surface area contributed by atoms with E-state index in [1.54, 1.807) is 17.1 Å². The van der Waals surface area contributed by atoms with Crippen molar-refractivity contribution in [3.63, 3.8) is 0 Å². The van der Waals surface area contributed by atoms with Crippen LogP contribution in [-0.2, 0) is 4.79 Å². The summed E-state index contributed by atoms with van der Waals surface area (Å²) in [6.07, 6.45) is 8.23. The van der Waals surface area contributed by atoms with Crippen molar-refractivity contribution in [1.82, 2.24) is 14.8 Å². The highest BCUT2D eigenvalue weighted by atomic mass is 16.1. The first-order chi connectivity index (χ1) is 10.3. The van der Waals surface area contributed by atoms with E-state index in [-0.39, 0.29) is 11.8 Å². The first-order valence-corrected chi connectivity index (χ1v) is 7.25. The predicted molar refractivity (Wildman–Crippen MR) is 79.9 cm³/mol. The first-order valence-electron chi connectivity index (χ1n) is 7.25. The zero-order valence-corrected chi connectivity index (χ0v) is 11.8. The summed E-state index contributed by atoms with van der Waals surface area (Å²) in [5, 5.41) is 7.05. The third-order valence-corrected chi connectivity index (χ3v) is 4.05. The molecule has 1 aliphatic carbocycles. The fourth-order valence-electron chi connectivity index (χ4n) is 2.90. The first kappa shape index (κ1) is 13.8. The molecule has 2 aromatic rings. The number of hydrogen-bond acceptors (Lipinski definition) is 4. The number of nitrogens with zero attached hydrogens (tertiary/aromatic N) is 3. The second-order valence-electron chi connectivity index (χ2n) is 5.38. The zero-order chi connectivity index (χ0) is 14.7. The van der Waals surface area contributed by atoms with Gasteiger partial charge in [0.05, 0.1) is 11.9 Å². The number of aromatic nitrogens is 3. The molecule has 0 aromatic carbocycles. The molecule has 3 rings (SSSR count). The second-order valence-corrected chi connectivity index (χ2v) is 5.38. The van der Waals surface area contributed by atoms with Gasteiger partial charge in [-0.3, -0.25) is 4.79 Å². The second kappa shape index (κ2) is 6.05. The SMILES string of the molecule is NC[C@H]1CCC[C@H]1C(=O)Nc1ccc(-n2cccn2)nc1. The van der Waals surface area contributed by atoms with Gasteiger partial charge in [0.2, 0.25) is 5.91 Å². The molecular formula is C15H19N5O.